The second-order valence-electron chi connectivity index (χ2n) is 6.81. The molecule has 0 aromatic heterocycles. The van der Waals surface area contributed by atoms with Gasteiger partial charge in [-0.3, -0.25) is 9.69 Å². The number of rotatable bonds is 3. The number of hydrogen-bond donors (Lipinski definition) is 1. The Morgan fingerprint density at radius 1 is 1.40 bits per heavy atom. The molecule has 20 heavy (non-hydrogen) atoms. The lowest BCUT2D eigenvalue weighted by Crippen LogP contribution is -2.56. The number of carbonyl (C=O) groups is 2. The summed E-state index contributed by atoms with van der Waals surface area (Å²) in [6, 6.07) is -0.433. The van der Waals surface area contributed by atoms with E-state index in [4.69, 9.17) is 4.74 Å². The Labute approximate surface area is 122 Å². The van der Waals surface area contributed by atoms with E-state index in [0.717, 1.165) is 12.8 Å². The quantitative estimate of drug-likeness (QED) is 0.866. The van der Waals surface area contributed by atoms with Crippen LogP contribution in [0.1, 0.15) is 53.9 Å². The average Bonchev–Trinajstić information content (AvgIpc) is 2.51. The lowest BCUT2D eigenvalue weighted by atomic mass is 10.0. The Bertz CT molecular complexity index is 348. The number of carbonyl (C=O) groups excluding carboxylic acids is 2. The third kappa shape index (κ3) is 4.69. The fourth-order valence-electron chi connectivity index (χ4n) is 2.35. The summed E-state index contributed by atoms with van der Waals surface area (Å²) in [7, 11) is 0. The molecule has 1 heterocycles. The van der Waals surface area contributed by atoms with Crippen molar-refractivity contribution in [2.24, 2.45) is 5.92 Å². The summed E-state index contributed by atoms with van der Waals surface area (Å²) >= 11 is 0. The van der Waals surface area contributed by atoms with Gasteiger partial charge in [0.1, 0.15) is 6.04 Å². The maximum absolute atomic E-state index is 12.4. The van der Waals surface area contributed by atoms with Gasteiger partial charge in [-0.25, -0.2) is 4.79 Å². The van der Waals surface area contributed by atoms with Gasteiger partial charge in [-0.2, -0.15) is 0 Å². The van der Waals surface area contributed by atoms with Gasteiger partial charge in [0.2, 0.25) is 5.91 Å². The van der Waals surface area contributed by atoms with Gasteiger partial charge >= 0.3 is 6.09 Å². The summed E-state index contributed by atoms with van der Waals surface area (Å²) in [4.78, 5) is 26.2. The summed E-state index contributed by atoms with van der Waals surface area (Å²) in [5, 5.41) is 2.88. The fourth-order valence-corrected chi connectivity index (χ4v) is 2.35. The molecule has 1 rings (SSSR count). The zero-order chi connectivity index (χ0) is 15.3. The summed E-state index contributed by atoms with van der Waals surface area (Å²) < 4.78 is 5.34. The number of amides is 2. The van der Waals surface area contributed by atoms with Crippen LogP contribution in [-0.4, -0.2) is 41.6 Å². The maximum Gasteiger partial charge on any atom is 0.410 e. The molecular formula is C15H28N2O3. The van der Waals surface area contributed by atoms with E-state index in [1.807, 2.05) is 34.6 Å². The van der Waals surface area contributed by atoms with E-state index in [9.17, 15) is 9.59 Å². The second-order valence-corrected chi connectivity index (χ2v) is 6.81. The van der Waals surface area contributed by atoms with Gasteiger partial charge in [0, 0.05) is 12.1 Å². The second kappa shape index (κ2) is 6.95. The molecule has 1 atom stereocenters. The van der Waals surface area contributed by atoms with Crippen LogP contribution >= 0.6 is 0 Å². The van der Waals surface area contributed by atoms with Gasteiger partial charge in [-0.15, -0.1) is 0 Å². The average molecular weight is 284 g/mol. The molecule has 0 aliphatic carbocycles. The Morgan fingerprint density at radius 2 is 2.05 bits per heavy atom. The van der Waals surface area contributed by atoms with Gasteiger partial charge in [0.05, 0.1) is 6.61 Å². The predicted octanol–water partition coefficient (Wildman–Crippen LogP) is 2.55. The number of nitrogens with zero attached hydrogens (tertiary/aromatic N) is 1. The summed E-state index contributed by atoms with van der Waals surface area (Å²) in [5.41, 5.74) is -0.444. The monoisotopic (exact) mass is 284 g/mol. The van der Waals surface area contributed by atoms with Crippen molar-refractivity contribution >= 4 is 12.0 Å². The van der Waals surface area contributed by atoms with Crippen LogP contribution in [0, 0.1) is 5.92 Å². The summed E-state index contributed by atoms with van der Waals surface area (Å²) in [6.07, 6.45) is 2.20. The largest absolute Gasteiger partial charge is 0.449 e. The molecular weight excluding hydrogens is 256 g/mol. The van der Waals surface area contributed by atoms with Crippen molar-refractivity contribution in [3.05, 3.63) is 0 Å². The molecule has 116 valence electrons. The highest BCUT2D eigenvalue weighted by molar-refractivity contribution is 5.86. The molecule has 0 spiro atoms. The van der Waals surface area contributed by atoms with Gasteiger partial charge in [-0.05, 0) is 46.0 Å². The van der Waals surface area contributed by atoms with Crippen LogP contribution in [0.5, 0.6) is 0 Å². The van der Waals surface area contributed by atoms with E-state index in [0.29, 0.717) is 19.6 Å². The minimum absolute atomic E-state index is 0.0704. The van der Waals surface area contributed by atoms with Crippen molar-refractivity contribution in [1.82, 2.24) is 10.2 Å². The van der Waals surface area contributed by atoms with E-state index in [1.165, 1.54) is 0 Å². The molecule has 1 aliphatic rings. The van der Waals surface area contributed by atoms with Crippen LogP contribution in [-0.2, 0) is 9.53 Å². The van der Waals surface area contributed by atoms with Crippen molar-refractivity contribution in [1.29, 1.82) is 0 Å². The molecule has 1 fully saturated rings. The van der Waals surface area contributed by atoms with E-state index >= 15 is 0 Å². The zero-order valence-electron chi connectivity index (χ0n) is 13.4. The maximum atomic E-state index is 12.4. The smallest absolute Gasteiger partial charge is 0.410 e. The van der Waals surface area contributed by atoms with Crippen molar-refractivity contribution in [3.63, 3.8) is 0 Å². The Kier molecular flexibility index (Phi) is 5.84. The molecule has 0 radical (unpaired) electrons. The first-order valence-corrected chi connectivity index (χ1v) is 7.47. The third-order valence-electron chi connectivity index (χ3n) is 3.28. The minimum Gasteiger partial charge on any atom is -0.449 e. The molecule has 1 aliphatic heterocycles. The van der Waals surface area contributed by atoms with Crippen molar-refractivity contribution in [2.45, 2.75) is 65.5 Å². The Balaban J connectivity index is 2.87. The molecule has 1 saturated heterocycles. The number of hydrogen-bond acceptors (Lipinski definition) is 3. The van der Waals surface area contributed by atoms with Gasteiger partial charge in [-0.1, -0.05) is 13.8 Å². The standard InChI is InChI=1S/C15H28N2O3/c1-11(2)10-20-14(19)17(15(3,4)5)12-8-6-7-9-16-13(12)18/h11-12H,6-10H2,1-5H3,(H,16,18). The molecule has 1 N–H and O–H groups in total. The minimum atomic E-state index is -0.444. The Hall–Kier alpha value is -1.26. The highest BCUT2D eigenvalue weighted by Crippen LogP contribution is 2.23. The molecule has 5 heteroatoms. The van der Waals surface area contributed by atoms with Crippen molar-refractivity contribution in [3.8, 4) is 0 Å². The molecule has 2 amide bonds. The highest BCUT2D eigenvalue weighted by Gasteiger charge is 2.38. The van der Waals surface area contributed by atoms with Crippen LogP contribution in [0.3, 0.4) is 0 Å². The number of ether oxygens (including phenoxy) is 1. The van der Waals surface area contributed by atoms with Crippen LogP contribution in [0.25, 0.3) is 0 Å². The highest BCUT2D eigenvalue weighted by atomic mass is 16.6. The molecule has 0 aromatic carbocycles. The van der Waals surface area contributed by atoms with E-state index < -0.39 is 17.7 Å². The van der Waals surface area contributed by atoms with Gasteiger partial charge < -0.3 is 10.1 Å². The molecule has 5 nitrogen and oxygen atoms in total. The van der Waals surface area contributed by atoms with Gasteiger partial charge in [0.25, 0.3) is 0 Å². The third-order valence-corrected chi connectivity index (χ3v) is 3.28. The molecule has 0 aromatic rings. The van der Waals surface area contributed by atoms with E-state index in [1.54, 1.807) is 4.90 Å². The van der Waals surface area contributed by atoms with Crippen LogP contribution in [0.4, 0.5) is 4.79 Å². The topological polar surface area (TPSA) is 58.6 Å². The molecule has 0 bridgehead atoms. The summed E-state index contributed by atoms with van der Waals surface area (Å²) in [5.74, 6) is 0.211. The first-order valence-electron chi connectivity index (χ1n) is 7.47. The van der Waals surface area contributed by atoms with Gasteiger partial charge in [0.15, 0.2) is 0 Å². The van der Waals surface area contributed by atoms with Crippen LogP contribution < -0.4 is 5.32 Å². The predicted molar refractivity (Wildman–Crippen MR) is 78.4 cm³/mol. The van der Waals surface area contributed by atoms with Crippen LogP contribution in [0.2, 0.25) is 0 Å². The molecule has 0 saturated carbocycles. The van der Waals surface area contributed by atoms with Crippen molar-refractivity contribution < 1.29 is 14.3 Å². The van der Waals surface area contributed by atoms with E-state index in [2.05, 4.69) is 5.32 Å². The van der Waals surface area contributed by atoms with Crippen LogP contribution in [0.15, 0.2) is 0 Å². The normalized spacial score (nSPS) is 20.3. The first-order chi connectivity index (χ1) is 9.23. The first kappa shape index (κ1) is 16.8. The Morgan fingerprint density at radius 3 is 2.60 bits per heavy atom. The number of nitrogens with one attached hydrogen (secondary N) is 1. The summed E-state index contributed by atoms with van der Waals surface area (Å²) in [6.45, 7) is 10.8. The molecule has 1 unspecified atom stereocenters. The lowest BCUT2D eigenvalue weighted by Gasteiger charge is -2.39. The zero-order valence-corrected chi connectivity index (χ0v) is 13.4. The van der Waals surface area contributed by atoms with Crippen molar-refractivity contribution in [2.75, 3.05) is 13.2 Å². The fraction of sp³-hybridized carbons (Fsp3) is 0.867. The van der Waals surface area contributed by atoms with E-state index in [-0.39, 0.29) is 11.8 Å². The SMILES string of the molecule is CC(C)COC(=O)N(C1CCCCNC1=O)C(C)(C)C. The lowest BCUT2D eigenvalue weighted by molar-refractivity contribution is -0.127.